The third-order valence-electron chi connectivity index (χ3n) is 2.02. The van der Waals surface area contributed by atoms with Gasteiger partial charge in [0.15, 0.2) is 0 Å². The molecule has 0 radical (unpaired) electrons. The Morgan fingerprint density at radius 2 is 2.27 bits per heavy atom. The van der Waals surface area contributed by atoms with Gasteiger partial charge in [0.25, 0.3) is 0 Å². The van der Waals surface area contributed by atoms with E-state index in [0.717, 1.165) is 5.69 Å². The summed E-state index contributed by atoms with van der Waals surface area (Å²) in [6.45, 7) is -0.0202. The number of primary amides is 1. The summed E-state index contributed by atoms with van der Waals surface area (Å²) >= 11 is 5.78. The Labute approximate surface area is 93.2 Å². The quantitative estimate of drug-likeness (QED) is 0.800. The lowest BCUT2D eigenvalue weighted by atomic mass is 10.1. The molecule has 0 saturated carbocycles. The number of benzene rings is 1. The molecule has 0 aromatic heterocycles. The Hall–Kier alpha value is -1.26. The van der Waals surface area contributed by atoms with Crippen molar-refractivity contribution in [2.24, 2.45) is 5.73 Å². The number of anilines is 1. The van der Waals surface area contributed by atoms with Crippen LogP contribution in [0.15, 0.2) is 18.2 Å². The molecule has 0 unspecified atom stereocenters. The van der Waals surface area contributed by atoms with Crippen LogP contribution in [0.3, 0.4) is 0 Å². The van der Waals surface area contributed by atoms with Gasteiger partial charge < -0.3 is 15.7 Å². The van der Waals surface area contributed by atoms with E-state index < -0.39 is 5.91 Å². The van der Waals surface area contributed by atoms with Crippen LogP contribution in [-0.4, -0.2) is 24.6 Å². The van der Waals surface area contributed by atoms with E-state index in [0.29, 0.717) is 10.6 Å². The Bertz CT molecular complexity index is 368. The van der Waals surface area contributed by atoms with Crippen LogP contribution in [0.5, 0.6) is 0 Å². The molecule has 0 aliphatic heterocycles. The van der Waals surface area contributed by atoms with E-state index in [1.165, 1.54) is 0 Å². The lowest BCUT2D eigenvalue weighted by molar-refractivity contribution is -0.116. The highest BCUT2D eigenvalue weighted by molar-refractivity contribution is 6.30. The number of hydrogen-bond acceptors (Lipinski definition) is 3. The largest absolute Gasteiger partial charge is 0.392 e. The van der Waals surface area contributed by atoms with Crippen LogP contribution in [0.25, 0.3) is 0 Å². The number of amides is 1. The molecule has 1 rings (SSSR count). The molecule has 0 saturated heterocycles. The SMILES string of the molecule is CN(CC(N)=O)c1ccc(Cl)cc1CO. The molecule has 1 amide bonds. The van der Waals surface area contributed by atoms with E-state index in [1.54, 1.807) is 30.1 Å². The number of rotatable bonds is 4. The summed E-state index contributed by atoms with van der Waals surface area (Å²) in [6.07, 6.45) is 0. The standard InChI is InChI=1S/C10H13ClN2O2/c1-13(5-10(12)15)9-3-2-8(11)4-7(9)6-14/h2-4,14H,5-6H2,1H3,(H2,12,15). The molecular formula is C10H13ClN2O2. The molecule has 3 N–H and O–H groups in total. The molecule has 0 bridgehead atoms. The van der Waals surface area contributed by atoms with Crippen molar-refractivity contribution in [3.8, 4) is 0 Å². The molecule has 1 aromatic carbocycles. The topological polar surface area (TPSA) is 66.6 Å². The number of hydrogen-bond donors (Lipinski definition) is 2. The predicted molar refractivity (Wildman–Crippen MR) is 59.8 cm³/mol. The van der Waals surface area contributed by atoms with Gasteiger partial charge >= 0.3 is 0 Å². The van der Waals surface area contributed by atoms with Crippen LogP contribution < -0.4 is 10.6 Å². The van der Waals surface area contributed by atoms with Gasteiger partial charge in [0.05, 0.1) is 13.2 Å². The van der Waals surface area contributed by atoms with Gasteiger partial charge in [0.1, 0.15) is 0 Å². The zero-order valence-corrected chi connectivity index (χ0v) is 9.16. The highest BCUT2D eigenvalue weighted by Gasteiger charge is 2.09. The average molecular weight is 229 g/mol. The highest BCUT2D eigenvalue weighted by atomic mass is 35.5. The second-order valence-corrected chi connectivity index (χ2v) is 3.69. The molecule has 82 valence electrons. The molecule has 0 heterocycles. The van der Waals surface area contributed by atoms with Crippen LogP contribution in [0, 0.1) is 0 Å². The fraction of sp³-hybridized carbons (Fsp3) is 0.300. The van der Waals surface area contributed by atoms with Crippen molar-refractivity contribution in [2.45, 2.75) is 6.61 Å². The first-order chi connectivity index (χ1) is 7.04. The molecule has 0 fully saturated rings. The Balaban J connectivity index is 2.97. The van der Waals surface area contributed by atoms with E-state index in [2.05, 4.69) is 0 Å². The zero-order chi connectivity index (χ0) is 11.4. The van der Waals surface area contributed by atoms with Crippen molar-refractivity contribution in [2.75, 3.05) is 18.5 Å². The summed E-state index contributed by atoms with van der Waals surface area (Å²) in [4.78, 5) is 12.4. The number of aliphatic hydroxyl groups is 1. The van der Waals surface area contributed by atoms with E-state index in [9.17, 15) is 4.79 Å². The molecule has 5 heteroatoms. The summed E-state index contributed by atoms with van der Waals surface area (Å²) in [6, 6.07) is 5.11. The number of likely N-dealkylation sites (N-methyl/N-ethyl adjacent to an activating group) is 1. The van der Waals surface area contributed by atoms with Crippen molar-refractivity contribution in [1.29, 1.82) is 0 Å². The van der Waals surface area contributed by atoms with Gasteiger partial charge in [-0.25, -0.2) is 0 Å². The summed E-state index contributed by atoms with van der Waals surface area (Å²) in [5, 5.41) is 9.68. The van der Waals surface area contributed by atoms with E-state index in [1.807, 2.05) is 0 Å². The van der Waals surface area contributed by atoms with Crippen molar-refractivity contribution in [3.05, 3.63) is 28.8 Å². The van der Waals surface area contributed by atoms with Gasteiger partial charge in [0, 0.05) is 23.3 Å². The molecule has 0 atom stereocenters. The normalized spacial score (nSPS) is 10.1. The Morgan fingerprint density at radius 1 is 1.60 bits per heavy atom. The minimum atomic E-state index is -0.420. The molecule has 4 nitrogen and oxygen atoms in total. The van der Waals surface area contributed by atoms with E-state index in [4.69, 9.17) is 22.4 Å². The third kappa shape index (κ3) is 3.11. The number of carbonyl (C=O) groups is 1. The van der Waals surface area contributed by atoms with Crippen molar-refractivity contribution in [3.63, 3.8) is 0 Å². The minimum Gasteiger partial charge on any atom is -0.392 e. The first-order valence-electron chi connectivity index (χ1n) is 4.43. The Kier molecular flexibility index (Phi) is 3.94. The first kappa shape index (κ1) is 11.8. The molecule has 0 aliphatic carbocycles. The van der Waals surface area contributed by atoms with Crippen LogP contribution in [-0.2, 0) is 11.4 Å². The molecular weight excluding hydrogens is 216 g/mol. The maximum Gasteiger partial charge on any atom is 0.236 e. The van der Waals surface area contributed by atoms with E-state index in [-0.39, 0.29) is 13.2 Å². The number of halogens is 1. The number of nitrogens with two attached hydrogens (primary N) is 1. The zero-order valence-electron chi connectivity index (χ0n) is 8.40. The first-order valence-corrected chi connectivity index (χ1v) is 4.81. The predicted octanol–water partition coefficient (Wildman–Crippen LogP) is 0.754. The lowest BCUT2D eigenvalue weighted by Gasteiger charge is -2.20. The van der Waals surface area contributed by atoms with Gasteiger partial charge in [-0.15, -0.1) is 0 Å². The van der Waals surface area contributed by atoms with Gasteiger partial charge in [-0.1, -0.05) is 11.6 Å². The van der Waals surface area contributed by atoms with Crippen molar-refractivity contribution in [1.82, 2.24) is 0 Å². The van der Waals surface area contributed by atoms with E-state index >= 15 is 0 Å². The van der Waals surface area contributed by atoms with Crippen LogP contribution in [0.4, 0.5) is 5.69 Å². The number of nitrogens with zero attached hydrogens (tertiary/aromatic N) is 1. The minimum absolute atomic E-state index is 0.106. The average Bonchev–Trinajstić information content (AvgIpc) is 2.16. The number of aliphatic hydroxyl groups excluding tert-OH is 1. The monoisotopic (exact) mass is 228 g/mol. The molecule has 1 aromatic rings. The third-order valence-corrected chi connectivity index (χ3v) is 2.25. The van der Waals surface area contributed by atoms with Crippen molar-refractivity contribution < 1.29 is 9.90 Å². The summed E-state index contributed by atoms with van der Waals surface area (Å²) in [5.74, 6) is -0.420. The van der Waals surface area contributed by atoms with Crippen molar-refractivity contribution >= 4 is 23.2 Å². The van der Waals surface area contributed by atoms with Crippen LogP contribution >= 0.6 is 11.6 Å². The second kappa shape index (κ2) is 5.00. The summed E-state index contributed by atoms with van der Waals surface area (Å²) in [5.41, 5.74) is 6.51. The molecule has 0 aliphatic rings. The van der Waals surface area contributed by atoms with Gasteiger partial charge in [0.2, 0.25) is 5.91 Å². The highest BCUT2D eigenvalue weighted by Crippen LogP contribution is 2.23. The Morgan fingerprint density at radius 3 is 2.80 bits per heavy atom. The van der Waals surface area contributed by atoms with Gasteiger partial charge in [-0.2, -0.15) is 0 Å². The second-order valence-electron chi connectivity index (χ2n) is 3.25. The smallest absolute Gasteiger partial charge is 0.236 e. The molecule has 15 heavy (non-hydrogen) atoms. The maximum atomic E-state index is 10.7. The lowest BCUT2D eigenvalue weighted by Crippen LogP contribution is -2.31. The van der Waals surface area contributed by atoms with Crippen LogP contribution in [0.2, 0.25) is 5.02 Å². The van der Waals surface area contributed by atoms with Gasteiger partial charge in [-0.3, -0.25) is 4.79 Å². The maximum absolute atomic E-state index is 10.7. The fourth-order valence-electron chi connectivity index (χ4n) is 1.37. The fourth-order valence-corrected chi connectivity index (χ4v) is 1.57. The molecule has 0 spiro atoms. The van der Waals surface area contributed by atoms with Gasteiger partial charge in [-0.05, 0) is 18.2 Å². The summed E-state index contributed by atoms with van der Waals surface area (Å²) < 4.78 is 0. The van der Waals surface area contributed by atoms with Crippen LogP contribution in [0.1, 0.15) is 5.56 Å². The summed E-state index contributed by atoms with van der Waals surface area (Å²) in [7, 11) is 1.73. The number of carbonyl (C=O) groups excluding carboxylic acids is 1.